The summed E-state index contributed by atoms with van der Waals surface area (Å²) in [5, 5.41) is 0.737. The Labute approximate surface area is 134 Å². The van der Waals surface area contributed by atoms with E-state index in [2.05, 4.69) is 16.7 Å². The molecule has 3 aromatic rings. The molecule has 0 N–H and O–H groups in total. The van der Waals surface area contributed by atoms with Crippen molar-refractivity contribution in [3.05, 3.63) is 53.6 Å². The fourth-order valence-corrected chi connectivity index (χ4v) is 3.25. The molecule has 0 amide bonds. The summed E-state index contributed by atoms with van der Waals surface area (Å²) in [4.78, 5) is 4.81. The van der Waals surface area contributed by atoms with Gasteiger partial charge in [-0.3, -0.25) is 0 Å². The van der Waals surface area contributed by atoms with Crippen molar-refractivity contribution >= 4 is 22.6 Å². The predicted octanol–water partition coefficient (Wildman–Crippen LogP) is 4.54. The average molecular weight is 313 g/mol. The van der Waals surface area contributed by atoms with Crippen molar-refractivity contribution < 1.29 is 4.74 Å². The third-order valence-corrected chi connectivity index (χ3v) is 4.39. The molecule has 0 aliphatic carbocycles. The Morgan fingerprint density at radius 1 is 1.18 bits per heavy atom. The first-order valence-corrected chi connectivity index (χ1v) is 8.02. The van der Waals surface area contributed by atoms with E-state index in [-0.39, 0.29) is 6.10 Å². The summed E-state index contributed by atoms with van der Waals surface area (Å²) in [5.41, 5.74) is 3.16. The molecule has 1 unspecified atom stereocenters. The molecular weight excluding hydrogens is 296 g/mol. The lowest BCUT2D eigenvalue weighted by atomic mass is 10.2. The predicted molar refractivity (Wildman–Crippen MR) is 89.2 cm³/mol. The largest absolute Gasteiger partial charge is 0.376 e. The topological polar surface area (TPSA) is 27.1 Å². The lowest BCUT2D eigenvalue weighted by molar-refractivity contribution is 0.0982. The third kappa shape index (κ3) is 2.51. The van der Waals surface area contributed by atoms with E-state index in [1.165, 1.54) is 0 Å². The second-order valence-corrected chi connectivity index (χ2v) is 6.12. The van der Waals surface area contributed by atoms with Crippen molar-refractivity contribution in [1.82, 2.24) is 9.55 Å². The Balaban J connectivity index is 1.86. The number of hydrogen-bond donors (Lipinski definition) is 0. The number of imidazole rings is 1. The van der Waals surface area contributed by atoms with Gasteiger partial charge in [-0.25, -0.2) is 4.98 Å². The summed E-state index contributed by atoms with van der Waals surface area (Å²) in [6.45, 7) is 1.68. The lowest BCUT2D eigenvalue weighted by Gasteiger charge is -2.14. The molecule has 3 nitrogen and oxygen atoms in total. The Morgan fingerprint density at radius 3 is 2.82 bits per heavy atom. The van der Waals surface area contributed by atoms with Crippen molar-refractivity contribution in [2.75, 3.05) is 6.61 Å². The van der Waals surface area contributed by atoms with Gasteiger partial charge in [-0.15, -0.1) is 0 Å². The number of halogens is 1. The zero-order valence-electron chi connectivity index (χ0n) is 12.2. The fourth-order valence-electron chi connectivity index (χ4n) is 3.08. The second kappa shape index (κ2) is 5.75. The molecular formula is C18H17ClN2O. The molecule has 2 aromatic carbocycles. The fraction of sp³-hybridized carbons (Fsp3) is 0.278. The normalized spacial score (nSPS) is 18.1. The zero-order chi connectivity index (χ0) is 14.9. The highest BCUT2D eigenvalue weighted by molar-refractivity contribution is 6.31. The number of fused-ring (bicyclic) bond motifs is 1. The van der Waals surface area contributed by atoms with Gasteiger partial charge < -0.3 is 9.30 Å². The lowest BCUT2D eigenvalue weighted by Crippen LogP contribution is -2.15. The van der Waals surface area contributed by atoms with Crippen LogP contribution in [0.4, 0.5) is 0 Å². The van der Waals surface area contributed by atoms with Gasteiger partial charge in [0.1, 0.15) is 5.82 Å². The molecule has 112 valence electrons. The highest BCUT2D eigenvalue weighted by Crippen LogP contribution is 2.28. The maximum absolute atomic E-state index is 6.19. The second-order valence-electron chi connectivity index (χ2n) is 5.68. The summed E-state index contributed by atoms with van der Waals surface area (Å²) in [5.74, 6) is 0.980. The summed E-state index contributed by atoms with van der Waals surface area (Å²) in [6, 6.07) is 16.1. The molecule has 1 saturated heterocycles. The summed E-state index contributed by atoms with van der Waals surface area (Å²) in [7, 11) is 0. The third-order valence-electron chi connectivity index (χ3n) is 4.15. The van der Waals surface area contributed by atoms with Crippen LogP contribution in [0.3, 0.4) is 0 Å². The summed E-state index contributed by atoms with van der Waals surface area (Å²) in [6.07, 6.45) is 2.51. The molecule has 4 rings (SSSR count). The van der Waals surface area contributed by atoms with Crippen LogP contribution >= 0.6 is 11.6 Å². The van der Waals surface area contributed by atoms with Crippen molar-refractivity contribution in [3.8, 4) is 11.4 Å². The van der Waals surface area contributed by atoms with Crippen LogP contribution < -0.4 is 0 Å². The van der Waals surface area contributed by atoms with Gasteiger partial charge in [0.25, 0.3) is 0 Å². The van der Waals surface area contributed by atoms with E-state index >= 15 is 0 Å². The first-order valence-electron chi connectivity index (χ1n) is 7.64. The van der Waals surface area contributed by atoms with Crippen LogP contribution in [0.5, 0.6) is 0 Å². The molecule has 1 aliphatic heterocycles. The van der Waals surface area contributed by atoms with Crippen molar-refractivity contribution in [3.63, 3.8) is 0 Å². The molecule has 1 aliphatic rings. The maximum Gasteiger partial charge on any atom is 0.141 e. The first kappa shape index (κ1) is 13.8. The van der Waals surface area contributed by atoms with Gasteiger partial charge in [-0.05, 0) is 31.0 Å². The highest BCUT2D eigenvalue weighted by atomic mass is 35.5. The molecule has 1 fully saturated rings. The van der Waals surface area contributed by atoms with E-state index < -0.39 is 0 Å². The Bertz CT molecular complexity index is 791. The van der Waals surface area contributed by atoms with E-state index in [9.17, 15) is 0 Å². The number of benzene rings is 2. The molecule has 22 heavy (non-hydrogen) atoms. The van der Waals surface area contributed by atoms with Crippen LogP contribution in [0.2, 0.25) is 5.02 Å². The van der Waals surface area contributed by atoms with Crippen molar-refractivity contribution in [2.45, 2.75) is 25.5 Å². The van der Waals surface area contributed by atoms with Gasteiger partial charge >= 0.3 is 0 Å². The minimum Gasteiger partial charge on any atom is -0.376 e. The number of ether oxygens (including phenoxy) is 1. The summed E-state index contributed by atoms with van der Waals surface area (Å²) < 4.78 is 8.06. The Hall–Kier alpha value is -1.84. The SMILES string of the molecule is Clc1ccc2nc(-c3ccccc3)n(CC3CCCO3)c2c1. The number of hydrogen-bond acceptors (Lipinski definition) is 2. The number of rotatable bonds is 3. The van der Waals surface area contributed by atoms with E-state index in [0.29, 0.717) is 0 Å². The van der Waals surface area contributed by atoms with Crippen LogP contribution in [0.1, 0.15) is 12.8 Å². The first-order chi connectivity index (χ1) is 10.8. The number of aromatic nitrogens is 2. The minimum absolute atomic E-state index is 0.263. The molecule has 4 heteroatoms. The molecule has 1 aromatic heterocycles. The molecule has 2 heterocycles. The van der Waals surface area contributed by atoms with Gasteiger partial charge in [0.05, 0.1) is 23.7 Å². The van der Waals surface area contributed by atoms with E-state index in [0.717, 1.165) is 53.4 Å². The quantitative estimate of drug-likeness (QED) is 0.710. The van der Waals surface area contributed by atoms with E-state index in [1.54, 1.807) is 0 Å². The van der Waals surface area contributed by atoms with Gasteiger partial charge in [-0.1, -0.05) is 41.9 Å². The standard InChI is InChI=1S/C18H17ClN2O/c19-14-8-9-16-17(11-14)21(12-15-7-4-10-22-15)18(20-16)13-5-2-1-3-6-13/h1-3,5-6,8-9,11,15H,4,7,10,12H2. The van der Waals surface area contributed by atoms with E-state index in [1.807, 2.05) is 36.4 Å². The Kier molecular flexibility index (Phi) is 3.60. The minimum atomic E-state index is 0.263. The monoisotopic (exact) mass is 312 g/mol. The molecule has 0 radical (unpaired) electrons. The van der Waals surface area contributed by atoms with Gasteiger partial charge in [0.2, 0.25) is 0 Å². The maximum atomic E-state index is 6.19. The average Bonchev–Trinajstić information content (AvgIpc) is 3.17. The smallest absolute Gasteiger partial charge is 0.141 e. The van der Waals surface area contributed by atoms with Crippen LogP contribution in [-0.4, -0.2) is 22.3 Å². The molecule has 0 saturated carbocycles. The highest BCUT2D eigenvalue weighted by Gasteiger charge is 2.20. The van der Waals surface area contributed by atoms with Crippen LogP contribution in [0.25, 0.3) is 22.4 Å². The van der Waals surface area contributed by atoms with Crippen molar-refractivity contribution in [1.29, 1.82) is 0 Å². The Morgan fingerprint density at radius 2 is 2.05 bits per heavy atom. The van der Waals surface area contributed by atoms with E-state index in [4.69, 9.17) is 21.3 Å². The number of nitrogens with zero attached hydrogens (tertiary/aromatic N) is 2. The van der Waals surface area contributed by atoms with Gasteiger partial charge in [0, 0.05) is 17.2 Å². The van der Waals surface area contributed by atoms with Crippen LogP contribution in [0.15, 0.2) is 48.5 Å². The molecule has 0 spiro atoms. The van der Waals surface area contributed by atoms with Gasteiger partial charge in [0.15, 0.2) is 0 Å². The molecule has 1 atom stereocenters. The molecule has 0 bridgehead atoms. The van der Waals surface area contributed by atoms with Crippen LogP contribution in [-0.2, 0) is 11.3 Å². The van der Waals surface area contributed by atoms with Crippen molar-refractivity contribution in [2.24, 2.45) is 0 Å². The summed E-state index contributed by atoms with van der Waals surface area (Å²) >= 11 is 6.19. The van der Waals surface area contributed by atoms with Crippen LogP contribution in [0, 0.1) is 0 Å². The van der Waals surface area contributed by atoms with Gasteiger partial charge in [-0.2, -0.15) is 0 Å². The zero-order valence-corrected chi connectivity index (χ0v) is 13.0.